The zero-order valence-corrected chi connectivity index (χ0v) is 22.5. The number of anilines is 1. The number of hydrogen-bond acceptors (Lipinski definition) is 6. The number of aromatic hydroxyl groups is 1. The van der Waals surface area contributed by atoms with Gasteiger partial charge in [-0.3, -0.25) is 14.8 Å². The number of nitrogens with zero attached hydrogens (tertiary/aromatic N) is 2. The van der Waals surface area contributed by atoms with E-state index in [1.165, 1.54) is 31.2 Å². The van der Waals surface area contributed by atoms with Gasteiger partial charge in [-0.1, -0.05) is 54.6 Å². The maximum atomic E-state index is 13.0. The second-order valence-corrected chi connectivity index (χ2v) is 9.52. The molecule has 0 aliphatic carbocycles. The third-order valence-electron chi connectivity index (χ3n) is 6.77. The van der Waals surface area contributed by atoms with Gasteiger partial charge in [-0.05, 0) is 56.2 Å². The Bertz CT molecular complexity index is 1530. The van der Waals surface area contributed by atoms with Crippen LogP contribution in [0.25, 0.3) is 11.3 Å². The monoisotopic (exact) mass is 542 g/mol. The number of aromatic nitrogens is 2. The van der Waals surface area contributed by atoms with Gasteiger partial charge in [0.15, 0.2) is 5.54 Å². The van der Waals surface area contributed by atoms with Crippen LogP contribution in [0.15, 0.2) is 78.9 Å². The van der Waals surface area contributed by atoms with Crippen LogP contribution in [0.3, 0.4) is 0 Å². The van der Waals surface area contributed by atoms with E-state index in [0.717, 1.165) is 5.56 Å². The van der Waals surface area contributed by atoms with Crippen molar-refractivity contribution in [3.63, 3.8) is 0 Å². The van der Waals surface area contributed by atoms with Crippen LogP contribution in [0, 0.1) is 6.92 Å². The summed E-state index contributed by atoms with van der Waals surface area (Å²) >= 11 is 0. The molecule has 0 aliphatic rings. The number of amides is 2. The van der Waals surface area contributed by atoms with E-state index in [1.54, 1.807) is 42.9 Å². The van der Waals surface area contributed by atoms with Crippen LogP contribution < -0.4 is 10.6 Å². The van der Waals surface area contributed by atoms with E-state index in [0.29, 0.717) is 28.2 Å². The Hall–Kier alpha value is -5.12. The summed E-state index contributed by atoms with van der Waals surface area (Å²) in [5.41, 5.74) is 1.95. The zero-order valence-electron chi connectivity index (χ0n) is 22.5. The number of phenolic OH excluding ortho intramolecular Hbond substituents is 1. The van der Waals surface area contributed by atoms with Crippen molar-refractivity contribution >= 4 is 23.7 Å². The summed E-state index contributed by atoms with van der Waals surface area (Å²) in [4.78, 5) is 37.8. The Kier molecular flexibility index (Phi) is 7.90. The molecule has 4 rings (SSSR count). The SMILES string of the molecule is Cc1c(NC(=O)OC(C)c2ccccc2)c(-c2ccc(C(=O)NC(C)(C(=O)O)c3ccc(O)cc3)cc2)nn1C. The van der Waals surface area contributed by atoms with Crippen LogP contribution in [0.4, 0.5) is 10.5 Å². The molecule has 0 saturated heterocycles. The fraction of sp³-hybridized carbons (Fsp3) is 0.200. The van der Waals surface area contributed by atoms with Crippen molar-refractivity contribution in [3.05, 3.63) is 101 Å². The van der Waals surface area contributed by atoms with Crippen LogP contribution in [-0.2, 0) is 22.1 Å². The molecule has 3 aromatic carbocycles. The summed E-state index contributed by atoms with van der Waals surface area (Å²) in [5.74, 6) is -1.87. The van der Waals surface area contributed by atoms with E-state index in [-0.39, 0.29) is 11.3 Å². The summed E-state index contributed by atoms with van der Waals surface area (Å²) in [7, 11) is 1.75. The summed E-state index contributed by atoms with van der Waals surface area (Å²) in [6.07, 6.45) is -1.09. The molecule has 40 heavy (non-hydrogen) atoms. The molecule has 0 fully saturated rings. The van der Waals surface area contributed by atoms with Gasteiger partial charge in [0, 0.05) is 18.2 Å². The third kappa shape index (κ3) is 5.80. The Labute approximate surface area is 231 Å². The van der Waals surface area contributed by atoms with Gasteiger partial charge in [0.1, 0.15) is 17.5 Å². The maximum Gasteiger partial charge on any atom is 0.412 e. The molecule has 2 atom stereocenters. The molecule has 0 bridgehead atoms. The molecule has 0 spiro atoms. The van der Waals surface area contributed by atoms with Crippen molar-refractivity contribution in [1.82, 2.24) is 15.1 Å². The van der Waals surface area contributed by atoms with Gasteiger partial charge in [-0.25, -0.2) is 9.59 Å². The summed E-state index contributed by atoms with van der Waals surface area (Å²) in [6.45, 7) is 4.97. The predicted octanol–water partition coefficient (Wildman–Crippen LogP) is 5.14. The largest absolute Gasteiger partial charge is 0.508 e. The van der Waals surface area contributed by atoms with Gasteiger partial charge in [0.25, 0.3) is 5.91 Å². The van der Waals surface area contributed by atoms with Gasteiger partial charge in [-0.2, -0.15) is 5.10 Å². The van der Waals surface area contributed by atoms with Crippen molar-refractivity contribution in [2.24, 2.45) is 7.05 Å². The molecule has 2 unspecified atom stereocenters. The molecule has 10 nitrogen and oxygen atoms in total. The predicted molar refractivity (Wildman–Crippen MR) is 149 cm³/mol. The van der Waals surface area contributed by atoms with Crippen molar-refractivity contribution in [2.45, 2.75) is 32.4 Å². The lowest BCUT2D eigenvalue weighted by atomic mass is 9.91. The average Bonchev–Trinajstić information content (AvgIpc) is 3.22. The van der Waals surface area contributed by atoms with Gasteiger partial charge >= 0.3 is 12.1 Å². The topological polar surface area (TPSA) is 143 Å². The first kappa shape index (κ1) is 27.9. The molecule has 1 heterocycles. The maximum absolute atomic E-state index is 13.0. The number of hydrogen-bond donors (Lipinski definition) is 4. The van der Waals surface area contributed by atoms with Crippen LogP contribution in [0.5, 0.6) is 5.75 Å². The van der Waals surface area contributed by atoms with Gasteiger partial charge in [0.05, 0.1) is 11.4 Å². The lowest BCUT2D eigenvalue weighted by molar-refractivity contribution is -0.144. The third-order valence-corrected chi connectivity index (χ3v) is 6.77. The summed E-state index contributed by atoms with van der Waals surface area (Å²) in [5, 5.41) is 29.3. The highest BCUT2D eigenvalue weighted by Crippen LogP contribution is 2.31. The number of carboxylic acid groups (broad SMARTS) is 1. The van der Waals surface area contributed by atoms with E-state index >= 15 is 0 Å². The van der Waals surface area contributed by atoms with Gasteiger partial charge in [-0.15, -0.1) is 0 Å². The molecule has 1 aromatic heterocycles. The highest BCUT2D eigenvalue weighted by atomic mass is 16.6. The minimum Gasteiger partial charge on any atom is -0.508 e. The summed E-state index contributed by atoms with van der Waals surface area (Å²) in [6, 6.07) is 21.4. The normalized spacial score (nSPS) is 13.1. The Morgan fingerprint density at radius 1 is 0.975 bits per heavy atom. The molecule has 0 saturated carbocycles. The molecular weight excluding hydrogens is 512 g/mol. The van der Waals surface area contributed by atoms with Crippen molar-refractivity contribution in [2.75, 3.05) is 5.32 Å². The molecule has 2 amide bonds. The first-order valence-corrected chi connectivity index (χ1v) is 12.5. The fourth-order valence-corrected chi connectivity index (χ4v) is 4.17. The van der Waals surface area contributed by atoms with E-state index in [1.807, 2.05) is 37.3 Å². The number of carboxylic acids is 1. The molecule has 206 valence electrons. The Morgan fingerprint density at radius 2 is 1.60 bits per heavy atom. The minimum absolute atomic E-state index is 0.0176. The molecule has 4 N–H and O–H groups in total. The first-order chi connectivity index (χ1) is 19.0. The van der Waals surface area contributed by atoms with Gasteiger partial charge in [0.2, 0.25) is 0 Å². The number of carbonyl (C=O) groups excluding carboxylic acids is 2. The molecule has 0 radical (unpaired) electrons. The minimum atomic E-state index is -1.73. The van der Waals surface area contributed by atoms with E-state index < -0.39 is 29.6 Å². The second-order valence-electron chi connectivity index (χ2n) is 9.52. The first-order valence-electron chi connectivity index (χ1n) is 12.5. The molecule has 0 aliphatic heterocycles. The highest BCUT2D eigenvalue weighted by molar-refractivity contribution is 5.99. The number of carbonyl (C=O) groups is 3. The second kappa shape index (κ2) is 11.3. The quantitative estimate of drug-likeness (QED) is 0.241. The number of aryl methyl sites for hydroxylation is 1. The molecular formula is C30H30N4O6. The van der Waals surface area contributed by atoms with E-state index in [9.17, 15) is 24.6 Å². The van der Waals surface area contributed by atoms with Crippen LogP contribution in [0.1, 0.15) is 47.1 Å². The molecule has 4 aromatic rings. The number of benzene rings is 3. The van der Waals surface area contributed by atoms with E-state index in [2.05, 4.69) is 15.7 Å². The summed E-state index contributed by atoms with van der Waals surface area (Å²) < 4.78 is 7.18. The lowest BCUT2D eigenvalue weighted by Gasteiger charge is -2.27. The average molecular weight is 543 g/mol. The smallest absolute Gasteiger partial charge is 0.412 e. The lowest BCUT2D eigenvalue weighted by Crippen LogP contribution is -2.49. The fourth-order valence-electron chi connectivity index (χ4n) is 4.17. The van der Waals surface area contributed by atoms with Gasteiger partial charge < -0.3 is 20.3 Å². The van der Waals surface area contributed by atoms with Crippen molar-refractivity contribution < 1.29 is 29.3 Å². The van der Waals surface area contributed by atoms with Crippen molar-refractivity contribution in [1.29, 1.82) is 0 Å². The van der Waals surface area contributed by atoms with Crippen LogP contribution in [-0.4, -0.2) is 38.0 Å². The van der Waals surface area contributed by atoms with Crippen LogP contribution >= 0.6 is 0 Å². The Balaban J connectivity index is 1.52. The standard InChI is InChI=1S/C30H30N4O6/c1-18-25(31-29(39)40-19(2)20-8-6-5-7-9-20)26(33-34(18)4)21-10-12-22(13-11-21)27(36)32-30(3,28(37)38)23-14-16-24(35)17-15-23/h5-17,19,35H,1-4H3,(H,31,39)(H,32,36)(H,37,38). The molecule has 10 heteroatoms. The number of rotatable bonds is 8. The Morgan fingerprint density at radius 3 is 2.20 bits per heavy atom. The number of aliphatic carboxylic acids is 1. The zero-order chi connectivity index (χ0) is 29.0. The van der Waals surface area contributed by atoms with E-state index in [4.69, 9.17) is 4.74 Å². The number of nitrogens with one attached hydrogen (secondary N) is 2. The van der Waals surface area contributed by atoms with Crippen LogP contribution in [0.2, 0.25) is 0 Å². The highest BCUT2D eigenvalue weighted by Gasteiger charge is 2.37. The number of phenols is 1. The number of ether oxygens (including phenoxy) is 1. The van der Waals surface area contributed by atoms with Crippen molar-refractivity contribution in [3.8, 4) is 17.0 Å².